The monoisotopic (exact) mass is 383 g/mol. The number of esters is 1. The number of hydrogen-bond acceptors (Lipinski definition) is 5. The van der Waals surface area contributed by atoms with Crippen molar-refractivity contribution >= 4 is 23.8 Å². The highest BCUT2D eigenvalue weighted by Crippen LogP contribution is 2.19. The number of rotatable bonds is 5. The second-order valence-electron chi connectivity index (χ2n) is 5.59. The van der Waals surface area contributed by atoms with Crippen LogP contribution in [0.5, 0.6) is 0 Å². The van der Waals surface area contributed by atoms with Gasteiger partial charge in [0.25, 0.3) is 5.56 Å². The Bertz CT molecular complexity index is 1150. The highest BCUT2D eigenvalue weighted by Gasteiger charge is 2.21. The van der Waals surface area contributed by atoms with Gasteiger partial charge in [-0.05, 0) is 30.3 Å². The molecule has 0 fully saturated rings. The van der Waals surface area contributed by atoms with Crippen LogP contribution in [0.3, 0.4) is 0 Å². The second kappa shape index (κ2) is 7.70. The topological polar surface area (TPSA) is 114 Å². The highest BCUT2D eigenvalue weighted by molar-refractivity contribution is 5.99. The van der Waals surface area contributed by atoms with Crippen LogP contribution in [0.15, 0.2) is 58.3 Å². The molecule has 0 unspecified atom stereocenters. The van der Waals surface area contributed by atoms with Crippen LogP contribution in [0.25, 0.3) is 5.69 Å². The number of ether oxygens (including phenoxy) is 1. The van der Waals surface area contributed by atoms with Crippen molar-refractivity contribution in [3.8, 4) is 5.69 Å². The van der Waals surface area contributed by atoms with Crippen molar-refractivity contribution in [2.45, 2.75) is 0 Å². The quantitative estimate of drug-likeness (QED) is 0.519. The number of aromatic amines is 1. The number of methoxy groups -OCH3 is 1. The van der Waals surface area contributed by atoms with Crippen LogP contribution in [0.1, 0.15) is 26.4 Å². The Morgan fingerprint density at radius 2 is 1.96 bits per heavy atom. The molecule has 0 radical (unpaired) electrons. The summed E-state index contributed by atoms with van der Waals surface area (Å²) < 4.78 is 19.1. The summed E-state index contributed by atoms with van der Waals surface area (Å²) in [4.78, 5) is 40.1. The number of H-pyrrole nitrogens is 1. The molecule has 1 aromatic heterocycles. The van der Waals surface area contributed by atoms with Crippen LogP contribution in [-0.2, 0) is 4.74 Å². The molecule has 3 rings (SSSR count). The number of carbonyl (C=O) groups excluding carboxylic acids is 1. The van der Waals surface area contributed by atoms with E-state index in [0.717, 1.165) is 24.1 Å². The van der Waals surface area contributed by atoms with Crippen LogP contribution in [-0.4, -0.2) is 40.2 Å². The number of aliphatic imine (C=N–C) groups is 1. The van der Waals surface area contributed by atoms with E-state index in [-0.39, 0.29) is 28.2 Å². The van der Waals surface area contributed by atoms with Gasteiger partial charge in [-0.3, -0.25) is 14.9 Å². The molecule has 2 N–H and O–H groups in total. The van der Waals surface area contributed by atoms with Gasteiger partial charge < -0.3 is 9.84 Å². The Morgan fingerprint density at radius 1 is 1.21 bits per heavy atom. The normalized spacial score (nSPS) is 10.9. The first kappa shape index (κ1) is 18.8. The Hall–Kier alpha value is -4.01. The summed E-state index contributed by atoms with van der Waals surface area (Å²) in [5.74, 6) is -2.59. The maximum absolute atomic E-state index is 13.5. The number of halogens is 1. The number of carbonyl (C=O) groups is 2. The Kier molecular flexibility index (Phi) is 5.16. The fourth-order valence-corrected chi connectivity index (χ4v) is 2.53. The maximum Gasteiger partial charge on any atom is 0.356 e. The van der Waals surface area contributed by atoms with Crippen molar-refractivity contribution in [1.82, 2.24) is 9.78 Å². The van der Waals surface area contributed by atoms with Gasteiger partial charge in [0.1, 0.15) is 5.82 Å². The molecule has 0 atom stereocenters. The summed E-state index contributed by atoms with van der Waals surface area (Å²) >= 11 is 0. The summed E-state index contributed by atoms with van der Waals surface area (Å²) in [6.45, 7) is 0. The zero-order valence-electron chi connectivity index (χ0n) is 14.5. The van der Waals surface area contributed by atoms with Gasteiger partial charge in [0.2, 0.25) is 0 Å². The summed E-state index contributed by atoms with van der Waals surface area (Å²) in [6.07, 6.45) is 1.07. The van der Waals surface area contributed by atoms with Gasteiger partial charge >= 0.3 is 11.9 Å². The van der Waals surface area contributed by atoms with Crippen LogP contribution in [0.2, 0.25) is 0 Å². The molecule has 0 aliphatic rings. The van der Waals surface area contributed by atoms with Crippen molar-refractivity contribution in [3.05, 3.63) is 81.5 Å². The third-order valence-electron chi connectivity index (χ3n) is 3.85. The summed E-state index contributed by atoms with van der Waals surface area (Å²) in [7, 11) is 1.14. The fourth-order valence-electron chi connectivity index (χ4n) is 2.53. The molecule has 9 heteroatoms. The second-order valence-corrected chi connectivity index (χ2v) is 5.59. The average Bonchev–Trinajstić information content (AvgIpc) is 3.02. The van der Waals surface area contributed by atoms with Crippen molar-refractivity contribution < 1.29 is 23.8 Å². The Balaban J connectivity index is 2.14. The number of benzene rings is 2. The van der Waals surface area contributed by atoms with Gasteiger partial charge in [-0.25, -0.2) is 18.7 Å². The average molecular weight is 383 g/mol. The van der Waals surface area contributed by atoms with Crippen LogP contribution >= 0.6 is 0 Å². The first-order valence-electron chi connectivity index (χ1n) is 7.98. The summed E-state index contributed by atoms with van der Waals surface area (Å²) in [5, 5.41) is 11.8. The number of carboxylic acids is 1. The van der Waals surface area contributed by atoms with E-state index >= 15 is 0 Å². The van der Waals surface area contributed by atoms with Crippen LogP contribution in [0, 0.1) is 5.82 Å². The van der Waals surface area contributed by atoms with Gasteiger partial charge in [-0.2, -0.15) is 0 Å². The smallest absolute Gasteiger partial charge is 0.356 e. The minimum Gasteiger partial charge on any atom is -0.478 e. The molecular weight excluding hydrogens is 369 g/mol. The lowest BCUT2D eigenvalue weighted by molar-refractivity contribution is 0.0592. The molecule has 0 aliphatic heterocycles. The van der Waals surface area contributed by atoms with E-state index in [1.54, 1.807) is 6.07 Å². The van der Waals surface area contributed by atoms with E-state index < -0.39 is 23.3 Å². The standard InChI is InChI=1S/C19H14FN3O5/c1-28-19(27)16-14(10-21-15-8-3-2-7-13(15)18(25)26)17(24)23(22-16)12-6-4-5-11(20)9-12/h2-10,22H,1H3,(H,25,26). The van der Waals surface area contributed by atoms with Gasteiger partial charge in [0.15, 0.2) is 5.69 Å². The molecule has 0 saturated carbocycles. The molecular formula is C19H14FN3O5. The Morgan fingerprint density at radius 3 is 2.64 bits per heavy atom. The van der Waals surface area contributed by atoms with E-state index in [2.05, 4.69) is 14.8 Å². The zero-order chi connectivity index (χ0) is 20.3. The number of para-hydroxylation sites is 1. The molecule has 0 amide bonds. The van der Waals surface area contributed by atoms with Gasteiger partial charge in [0, 0.05) is 6.21 Å². The number of aromatic nitrogens is 2. The van der Waals surface area contributed by atoms with Crippen LogP contribution < -0.4 is 5.56 Å². The lowest BCUT2D eigenvalue weighted by Gasteiger charge is -2.01. The molecule has 2 aromatic carbocycles. The third kappa shape index (κ3) is 3.58. The Labute approximate surface area is 157 Å². The lowest BCUT2D eigenvalue weighted by Crippen LogP contribution is -2.17. The van der Waals surface area contributed by atoms with E-state index in [4.69, 9.17) is 0 Å². The maximum atomic E-state index is 13.5. The molecule has 3 aromatic rings. The number of carboxylic acid groups (broad SMARTS) is 1. The fraction of sp³-hybridized carbons (Fsp3) is 0.0526. The number of hydrogen-bond donors (Lipinski definition) is 2. The van der Waals surface area contributed by atoms with Gasteiger partial charge in [-0.1, -0.05) is 18.2 Å². The minimum absolute atomic E-state index is 0.0700. The van der Waals surface area contributed by atoms with Crippen molar-refractivity contribution in [3.63, 3.8) is 0 Å². The predicted molar refractivity (Wildman–Crippen MR) is 98.3 cm³/mol. The first-order valence-corrected chi connectivity index (χ1v) is 7.98. The highest BCUT2D eigenvalue weighted by atomic mass is 19.1. The van der Waals surface area contributed by atoms with Gasteiger partial charge in [0.05, 0.1) is 29.6 Å². The summed E-state index contributed by atoms with van der Waals surface area (Å²) in [5.41, 5.74) is -0.837. The van der Waals surface area contributed by atoms with Crippen molar-refractivity contribution in [1.29, 1.82) is 0 Å². The van der Waals surface area contributed by atoms with Gasteiger partial charge in [-0.15, -0.1) is 0 Å². The number of nitrogens with one attached hydrogen (secondary N) is 1. The van der Waals surface area contributed by atoms with Crippen molar-refractivity contribution in [2.24, 2.45) is 4.99 Å². The minimum atomic E-state index is -1.19. The third-order valence-corrected chi connectivity index (χ3v) is 3.85. The molecule has 0 spiro atoms. The molecule has 0 aliphatic carbocycles. The first-order chi connectivity index (χ1) is 13.4. The molecule has 8 nitrogen and oxygen atoms in total. The van der Waals surface area contributed by atoms with E-state index in [0.29, 0.717) is 0 Å². The van der Waals surface area contributed by atoms with Crippen molar-refractivity contribution in [2.75, 3.05) is 7.11 Å². The van der Waals surface area contributed by atoms with E-state index in [1.165, 1.54) is 36.4 Å². The largest absolute Gasteiger partial charge is 0.478 e. The molecule has 1 heterocycles. The van der Waals surface area contributed by atoms with E-state index in [9.17, 15) is 23.9 Å². The number of nitrogens with zero attached hydrogens (tertiary/aromatic N) is 2. The number of aromatic carboxylic acids is 1. The molecule has 142 valence electrons. The van der Waals surface area contributed by atoms with Crippen LogP contribution in [0.4, 0.5) is 10.1 Å². The van der Waals surface area contributed by atoms with E-state index in [1.807, 2.05) is 0 Å². The lowest BCUT2D eigenvalue weighted by atomic mass is 10.2. The predicted octanol–water partition coefficient (Wildman–Crippen LogP) is 2.54. The summed E-state index contributed by atoms with van der Waals surface area (Å²) in [6, 6.07) is 11.1. The molecule has 28 heavy (non-hydrogen) atoms. The molecule has 0 bridgehead atoms. The molecule has 0 saturated heterocycles. The zero-order valence-corrected chi connectivity index (χ0v) is 14.5. The SMILES string of the molecule is COC(=O)c1[nH]n(-c2cccc(F)c2)c(=O)c1C=Nc1ccccc1C(=O)O.